The summed E-state index contributed by atoms with van der Waals surface area (Å²) in [7, 11) is 0. The number of aryl methyl sites for hydroxylation is 1. The Labute approximate surface area is 113 Å². The van der Waals surface area contributed by atoms with E-state index in [9.17, 15) is 13.2 Å². The minimum Gasteiger partial charge on any atom is -0.399 e. The van der Waals surface area contributed by atoms with E-state index >= 15 is 0 Å². The number of benzene rings is 1. The lowest BCUT2D eigenvalue weighted by molar-refractivity contribution is -0.156. The first-order chi connectivity index (χ1) is 9.45. The van der Waals surface area contributed by atoms with Crippen LogP contribution in [0.1, 0.15) is 24.6 Å². The molecule has 0 bridgehead atoms. The zero-order chi connectivity index (χ0) is 14.3. The van der Waals surface area contributed by atoms with E-state index in [-0.39, 0.29) is 12.2 Å². The molecule has 0 aliphatic carbocycles. The van der Waals surface area contributed by atoms with Crippen LogP contribution in [0, 0.1) is 0 Å². The summed E-state index contributed by atoms with van der Waals surface area (Å²) in [6, 6.07) is 6.77. The van der Waals surface area contributed by atoms with Crippen LogP contribution in [0.3, 0.4) is 0 Å². The number of hydrogen-bond acceptors (Lipinski definition) is 3. The molecule has 0 fully saturated rings. The third-order valence-electron chi connectivity index (χ3n) is 3.44. The van der Waals surface area contributed by atoms with Crippen LogP contribution in [0.5, 0.6) is 0 Å². The molecule has 2 N–H and O–H groups in total. The average molecular weight is 282 g/mol. The van der Waals surface area contributed by atoms with Crippen LogP contribution < -0.4 is 5.73 Å². The van der Waals surface area contributed by atoms with E-state index in [0.717, 1.165) is 0 Å². The van der Waals surface area contributed by atoms with Gasteiger partial charge < -0.3 is 5.73 Å². The molecule has 0 radical (unpaired) electrons. The molecule has 1 aliphatic rings. The largest absolute Gasteiger partial charge is 0.399 e. The maximum absolute atomic E-state index is 13.0. The summed E-state index contributed by atoms with van der Waals surface area (Å²) < 4.78 is 40.3. The van der Waals surface area contributed by atoms with Crippen molar-refractivity contribution >= 4 is 5.69 Å². The number of nitrogen functional groups attached to an aromatic ring is 1. The molecule has 3 rings (SSSR count). The number of rotatable bonds is 1. The van der Waals surface area contributed by atoms with Crippen molar-refractivity contribution in [1.29, 1.82) is 0 Å². The van der Waals surface area contributed by atoms with Gasteiger partial charge in [0.25, 0.3) is 0 Å². The maximum Gasteiger partial charge on any atom is 0.398 e. The molecule has 2 heterocycles. The van der Waals surface area contributed by atoms with Gasteiger partial charge in [-0.2, -0.15) is 18.3 Å². The molecule has 1 atom stereocenters. The summed E-state index contributed by atoms with van der Waals surface area (Å²) in [4.78, 5) is 4.09. The Hall–Kier alpha value is -2.05. The molecule has 106 valence electrons. The van der Waals surface area contributed by atoms with Crippen molar-refractivity contribution in [1.82, 2.24) is 14.8 Å². The van der Waals surface area contributed by atoms with E-state index in [2.05, 4.69) is 10.1 Å². The number of fused-ring (bicyclic) bond motifs is 1. The van der Waals surface area contributed by atoms with Crippen LogP contribution in [-0.4, -0.2) is 20.9 Å². The molecule has 4 nitrogen and oxygen atoms in total. The molecule has 0 saturated heterocycles. The van der Waals surface area contributed by atoms with Gasteiger partial charge in [-0.25, -0.2) is 9.67 Å². The molecule has 0 amide bonds. The Morgan fingerprint density at radius 1 is 1.20 bits per heavy atom. The fourth-order valence-corrected chi connectivity index (χ4v) is 2.42. The molecule has 0 spiro atoms. The fourth-order valence-electron chi connectivity index (χ4n) is 2.42. The topological polar surface area (TPSA) is 56.7 Å². The van der Waals surface area contributed by atoms with E-state index in [1.807, 2.05) is 0 Å². The summed E-state index contributed by atoms with van der Waals surface area (Å²) in [5.41, 5.74) is 6.84. The van der Waals surface area contributed by atoms with Gasteiger partial charge in [-0.15, -0.1) is 0 Å². The van der Waals surface area contributed by atoms with Gasteiger partial charge in [-0.05, 0) is 37.1 Å². The van der Waals surface area contributed by atoms with Crippen molar-refractivity contribution in [3.05, 3.63) is 30.1 Å². The van der Waals surface area contributed by atoms with Gasteiger partial charge in [0, 0.05) is 17.8 Å². The number of halogens is 3. The highest BCUT2D eigenvalue weighted by molar-refractivity contribution is 5.58. The van der Waals surface area contributed by atoms with Crippen LogP contribution in [0.4, 0.5) is 18.9 Å². The lowest BCUT2D eigenvalue weighted by Gasteiger charge is -2.23. The Balaban J connectivity index is 2.01. The maximum atomic E-state index is 13.0. The SMILES string of the molecule is Nc1ccc(-c2nc3n(n2)CCCC3C(F)(F)F)cc1. The minimum atomic E-state index is -4.27. The average Bonchev–Trinajstić information content (AvgIpc) is 2.81. The van der Waals surface area contributed by atoms with Gasteiger partial charge in [0.05, 0.1) is 0 Å². The minimum absolute atomic E-state index is 0.00979. The van der Waals surface area contributed by atoms with Crippen LogP contribution in [0.2, 0.25) is 0 Å². The van der Waals surface area contributed by atoms with Gasteiger partial charge in [-0.1, -0.05) is 0 Å². The molecular weight excluding hydrogens is 269 g/mol. The Bertz CT molecular complexity index is 616. The van der Waals surface area contributed by atoms with Crippen molar-refractivity contribution in [2.45, 2.75) is 31.5 Å². The lowest BCUT2D eigenvalue weighted by atomic mass is 9.99. The van der Waals surface area contributed by atoms with E-state index in [0.29, 0.717) is 30.0 Å². The number of nitrogens with two attached hydrogens (primary N) is 1. The molecule has 0 saturated carbocycles. The summed E-state index contributed by atoms with van der Waals surface area (Å²) in [6.07, 6.45) is -3.74. The van der Waals surface area contributed by atoms with E-state index in [4.69, 9.17) is 5.73 Å². The number of alkyl halides is 3. The predicted molar refractivity (Wildman–Crippen MR) is 67.9 cm³/mol. The number of aromatic nitrogens is 3. The Kier molecular flexibility index (Phi) is 2.92. The first-order valence-corrected chi connectivity index (χ1v) is 6.32. The predicted octanol–water partition coefficient (Wildman–Crippen LogP) is 2.97. The first-order valence-electron chi connectivity index (χ1n) is 6.32. The molecule has 1 aliphatic heterocycles. The Morgan fingerprint density at radius 2 is 1.90 bits per heavy atom. The zero-order valence-corrected chi connectivity index (χ0v) is 10.6. The highest BCUT2D eigenvalue weighted by Gasteiger charge is 2.45. The van der Waals surface area contributed by atoms with Crippen LogP contribution in [0.25, 0.3) is 11.4 Å². The second-order valence-electron chi connectivity index (χ2n) is 4.88. The highest BCUT2D eigenvalue weighted by atomic mass is 19.4. The summed E-state index contributed by atoms with van der Waals surface area (Å²) in [6.45, 7) is 0.476. The normalized spacial score (nSPS) is 18.9. The first kappa shape index (κ1) is 13.0. The van der Waals surface area contributed by atoms with Gasteiger partial charge in [0.1, 0.15) is 11.7 Å². The smallest absolute Gasteiger partial charge is 0.398 e. The van der Waals surface area contributed by atoms with Crippen molar-refractivity contribution < 1.29 is 13.2 Å². The standard InChI is InChI=1S/C13H13F3N4/c14-13(15,16)10-2-1-7-20-12(10)18-11(19-20)8-3-5-9(17)6-4-8/h3-6,10H,1-2,7,17H2. The second kappa shape index (κ2) is 4.50. The van der Waals surface area contributed by atoms with Crippen molar-refractivity contribution in [2.24, 2.45) is 0 Å². The third kappa shape index (κ3) is 2.23. The number of hydrogen-bond donors (Lipinski definition) is 1. The number of nitrogens with zero attached hydrogens (tertiary/aromatic N) is 3. The van der Waals surface area contributed by atoms with Crippen LogP contribution in [0.15, 0.2) is 24.3 Å². The van der Waals surface area contributed by atoms with Gasteiger partial charge >= 0.3 is 6.18 Å². The molecule has 1 aromatic carbocycles. The van der Waals surface area contributed by atoms with Crippen LogP contribution >= 0.6 is 0 Å². The van der Waals surface area contributed by atoms with Crippen molar-refractivity contribution in [2.75, 3.05) is 5.73 Å². The third-order valence-corrected chi connectivity index (χ3v) is 3.44. The molecule has 1 unspecified atom stereocenters. The molecule has 1 aromatic heterocycles. The van der Waals surface area contributed by atoms with E-state index in [1.165, 1.54) is 4.68 Å². The van der Waals surface area contributed by atoms with E-state index in [1.54, 1.807) is 24.3 Å². The highest BCUT2D eigenvalue weighted by Crippen LogP contribution is 2.40. The quantitative estimate of drug-likeness (QED) is 0.818. The Morgan fingerprint density at radius 3 is 2.55 bits per heavy atom. The van der Waals surface area contributed by atoms with Crippen LogP contribution in [-0.2, 0) is 6.54 Å². The molecular formula is C13H13F3N4. The second-order valence-corrected chi connectivity index (χ2v) is 4.88. The summed E-state index contributed by atoms with van der Waals surface area (Å²) >= 11 is 0. The van der Waals surface area contributed by atoms with E-state index < -0.39 is 12.1 Å². The van der Waals surface area contributed by atoms with Gasteiger partial charge in [-0.3, -0.25) is 0 Å². The van der Waals surface area contributed by atoms with Gasteiger partial charge in [0.2, 0.25) is 0 Å². The molecule has 2 aromatic rings. The number of anilines is 1. The molecule has 7 heteroatoms. The summed E-state index contributed by atoms with van der Waals surface area (Å²) in [5.74, 6) is -1.20. The fraction of sp³-hybridized carbons (Fsp3) is 0.385. The molecule has 20 heavy (non-hydrogen) atoms. The zero-order valence-electron chi connectivity index (χ0n) is 10.6. The summed E-state index contributed by atoms with van der Waals surface area (Å²) in [5, 5.41) is 4.18. The van der Waals surface area contributed by atoms with Gasteiger partial charge in [0.15, 0.2) is 5.82 Å². The van der Waals surface area contributed by atoms with Crippen molar-refractivity contribution in [3.8, 4) is 11.4 Å². The monoisotopic (exact) mass is 282 g/mol. The van der Waals surface area contributed by atoms with Crippen molar-refractivity contribution in [3.63, 3.8) is 0 Å². The lowest BCUT2D eigenvalue weighted by Crippen LogP contribution is -2.28.